The highest BCUT2D eigenvalue weighted by atomic mass is 15.0. The molecular formula is C52H34N2. The lowest BCUT2D eigenvalue weighted by Crippen LogP contribution is -1.93. The van der Waals surface area contributed by atoms with Crippen LogP contribution >= 0.6 is 0 Å². The third-order valence-electron chi connectivity index (χ3n) is 11.1. The van der Waals surface area contributed by atoms with Crippen molar-refractivity contribution in [3.63, 3.8) is 0 Å². The molecule has 0 N–H and O–H groups in total. The summed E-state index contributed by atoms with van der Waals surface area (Å²) in [6.07, 6.45) is 0. The van der Waals surface area contributed by atoms with E-state index in [0.717, 1.165) is 5.69 Å². The minimum atomic E-state index is 1.16. The Labute approximate surface area is 313 Å². The monoisotopic (exact) mass is 686 g/mol. The molecule has 2 nitrogen and oxygen atoms in total. The van der Waals surface area contributed by atoms with Gasteiger partial charge in [0, 0.05) is 32.9 Å². The highest BCUT2D eigenvalue weighted by Gasteiger charge is 2.16. The summed E-state index contributed by atoms with van der Waals surface area (Å²) in [5.41, 5.74) is 14.5. The van der Waals surface area contributed by atoms with E-state index >= 15 is 0 Å². The van der Waals surface area contributed by atoms with Crippen LogP contribution in [0.2, 0.25) is 0 Å². The van der Waals surface area contributed by atoms with E-state index in [4.69, 9.17) is 0 Å². The number of benzene rings is 9. The maximum absolute atomic E-state index is 2.41. The van der Waals surface area contributed by atoms with Crippen LogP contribution in [0, 0.1) is 0 Å². The summed E-state index contributed by atoms with van der Waals surface area (Å²) in [5, 5.41) is 7.55. The molecule has 0 aliphatic heterocycles. The summed E-state index contributed by atoms with van der Waals surface area (Å²) in [7, 11) is 0. The molecule has 0 aliphatic carbocycles. The van der Waals surface area contributed by atoms with E-state index in [1.165, 1.54) is 93.5 Å². The second-order valence-electron chi connectivity index (χ2n) is 14.2. The van der Waals surface area contributed by atoms with Crippen LogP contribution in [0.1, 0.15) is 0 Å². The summed E-state index contributed by atoms with van der Waals surface area (Å²) in [5.74, 6) is 0. The molecule has 2 heteroatoms. The normalized spacial score (nSPS) is 11.7. The van der Waals surface area contributed by atoms with Gasteiger partial charge in [-0.2, -0.15) is 0 Å². The average Bonchev–Trinajstić information content (AvgIpc) is 3.76. The first-order chi connectivity index (χ1) is 26.8. The molecule has 0 bridgehead atoms. The standard InChI is InChI=1S/C52H34N2/c1-3-14-41(15-4-1)53-49-21-10-9-19-45(49)47-32-38(27-30-50(47)53)35-22-24-36(25-23-35)39-28-31-51-48(33-39)46-29-26-40(34-52(46)54(51)42-16-5-2-6-17-42)44-20-11-13-37-12-7-8-18-43(37)44/h1-34H. The first-order valence-corrected chi connectivity index (χ1v) is 18.6. The predicted octanol–water partition coefficient (Wildman–Crippen LogP) is 14.0. The highest BCUT2D eigenvalue weighted by Crippen LogP contribution is 2.39. The van der Waals surface area contributed by atoms with Crippen molar-refractivity contribution in [1.29, 1.82) is 0 Å². The summed E-state index contributed by atoms with van der Waals surface area (Å²) in [6, 6.07) is 75.2. The van der Waals surface area contributed by atoms with Crippen molar-refractivity contribution < 1.29 is 0 Å². The molecular weight excluding hydrogens is 653 g/mol. The van der Waals surface area contributed by atoms with E-state index in [1.807, 2.05) is 0 Å². The molecule has 11 rings (SSSR count). The molecule has 2 aromatic heterocycles. The first-order valence-electron chi connectivity index (χ1n) is 18.6. The molecule has 11 aromatic rings. The molecule has 0 unspecified atom stereocenters. The van der Waals surface area contributed by atoms with Gasteiger partial charge in [0.25, 0.3) is 0 Å². The SMILES string of the molecule is c1ccc(-n2c3ccccc3c3cc(-c4ccc(-c5ccc6c(c5)c5ccc(-c7cccc8ccccc78)cc5n6-c5ccccc5)cc4)ccc32)cc1. The first kappa shape index (κ1) is 30.5. The third-order valence-corrected chi connectivity index (χ3v) is 11.1. The molecule has 0 radical (unpaired) electrons. The van der Waals surface area contributed by atoms with Gasteiger partial charge >= 0.3 is 0 Å². The largest absolute Gasteiger partial charge is 0.309 e. The van der Waals surface area contributed by atoms with Gasteiger partial charge in [-0.25, -0.2) is 0 Å². The Morgan fingerprint density at radius 3 is 1.35 bits per heavy atom. The van der Waals surface area contributed by atoms with E-state index < -0.39 is 0 Å². The lowest BCUT2D eigenvalue weighted by molar-refractivity contribution is 1.18. The molecule has 0 aliphatic rings. The molecule has 0 atom stereocenters. The Morgan fingerprint density at radius 2 is 0.704 bits per heavy atom. The quantitative estimate of drug-likeness (QED) is 0.171. The zero-order valence-electron chi connectivity index (χ0n) is 29.5. The lowest BCUT2D eigenvalue weighted by Gasteiger charge is -2.10. The Balaban J connectivity index is 1.01. The van der Waals surface area contributed by atoms with Gasteiger partial charge < -0.3 is 9.13 Å². The van der Waals surface area contributed by atoms with Crippen LogP contribution in [-0.4, -0.2) is 9.13 Å². The number of para-hydroxylation sites is 3. The van der Waals surface area contributed by atoms with Crippen molar-refractivity contribution in [3.05, 3.63) is 206 Å². The van der Waals surface area contributed by atoms with E-state index in [1.54, 1.807) is 0 Å². The molecule has 0 saturated carbocycles. The van der Waals surface area contributed by atoms with Gasteiger partial charge in [-0.05, 0) is 105 Å². The fraction of sp³-hybridized carbons (Fsp3) is 0. The molecule has 9 aromatic carbocycles. The fourth-order valence-corrected chi connectivity index (χ4v) is 8.56. The molecule has 54 heavy (non-hydrogen) atoms. The number of hydrogen-bond acceptors (Lipinski definition) is 0. The van der Waals surface area contributed by atoms with Crippen LogP contribution in [0.3, 0.4) is 0 Å². The van der Waals surface area contributed by atoms with Crippen molar-refractivity contribution >= 4 is 54.4 Å². The third kappa shape index (κ3) is 4.81. The molecule has 0 spiro atoms. The van der Waals surface area contributed by atoms with Crippen molar-refractivity contribution in [2.45, 2.75) is 0 Å². The Kier molecular flexibility index (Phi) is 6.90. The molecule has 0 amide bonds. The lowest BCUT2D eigenvalue weighted by atomic mass is 9.96. The van der Waals surface area contributed by atoms with Gasteiger partial charge in [0.2, 0.25) is 0 Å². The Hall–Kier alpha value is -7.16. The molecule has 0 saturated heterocycles. The Bertz CT molecular complexity index is 3180. The molecule has 0 fully saturated rings. The van der Waals surface area contributed by atoms with Crippen LogP contribution in [0.4, 0.5) is 0 Å². The second kappa shape index (κ2) is 12.2. The zero-order chi connectivity index (χ0) is 35.6. The van der Waals surface area contributed by atoms with Crippen LogP contribution in [-0.2, 0) is 0 Å². The Morgan fingerprint density at radius 1 is 0.241 bits per heavy atom. The van der Waals surface area contributed by atoms with E-state index in [2.05, 4.69) is 215 Å². The maximum atomic E-state index is 2.41. The summed E-state index contributed by atoms with van der Waals surface area (Å²) >= 11 is 0. The zero-order valence-corrected chi connectivity index (χ0v) is 29.5. The van der Waals surface area contributed by atoms with E-state index in [9.17, 15) is 0 Å². The van der Waals surface area contributed by atoms with Gasteiger partial charge in [0.05, 0.1) is 22.1 Å². The van der Waals surface area contributed by atoms with Crippen LogP contribution in [0.25, 0.3) is 99.1 Å². The van der Waals surface area contributed by atoms with Gasteiger partial charge in [0.1, 0.15) is 0 Å². The number of fused-ring (bicyclic) bond motifs is 7. The van der Waals surface area contributed by atoms with E-state index in [0.29, 0.717) is 0 Å². The maximum Gasteiger partial charge on any atom is 0.0547 e. The van der Waals surface area contributed by atoms with Crippen molar-refractivity contribution in [2.75, 3.05) is 0 Å². The summed E-state index contributed by atoms with van der Waals surface area (Å²) in [4.78, 5) is 0. The minimum absolute atomic E-state index is 1.16. The predicted molar refractivity (Wildman–Crippen MR) is 229 cm³/mol. The summed E-state index contributed by atoms with van der Waals surface area (Å²) in [6.45, 7) is 0. The second-order valence-corrected chi connectivity index (χ2v) is 14.2. The molecule has 2 heterocycles. The molecule has 252 valence electrons. The van der Waals surface area contributed by atoms with Crippen molar-refractivity contribution in [2.24, 2.45) is 0 Å². The van der Waals surface area contributed by atoms with E-state index in [-0.39, 0.29) is 0 Å². The topological polar surface area (TPSA) is 9.86 Å². The number of hydrogen-bond donors (Lipinski definition) is 0. The van der Waals surface area contributed by atoms with Crippen LogP contribution < -0.4 is 0 Å². The van der Waals surface area contributed by atoms with Gasteiger partial charge in [-0.15, -0.1) is 0 Å². The van der Waals surface area contributed by atoms with Crippen molar-refractivity contribution in [1.82, 2.24) is 9.13 Å². The van der Waals surface area contributed by atoms with Crippen LogP contribution in [0.5, 0.6) is 0 Å². The van der Waals surface area contributed by atoms with Crippen LogP contribution in [0.15, 0.2) is 206 Å². The van der Waals surface area contributed by atoms with Crippen molar-refractivity contribution in [3.8, 4) is 44.8 Å². The van der Waals surface area contributed by atoms with Gasteiger partial charge in [-0.3, -0.25) is 0 Å². The number of rotatable bonds is 5. The fourth-order valence-electron chi connectivity index (χ4n) is 8.56. The highest BCUT2D eigenvalue weighted by molar-refractivity contribution is 6.13. The summed E-state index contributed by atoms with van der Waals surface area (Å²) < 4.78 is 4.78. The average molecular weight is 687 g/mol. The van der Waals surface area contributed by atoms with Gasteiger partial charge in [0.15, 0.2) is 0 Å². The number of nitrogens with zero attached hydrogens (tertiary/aromatic N) is 2. The number of aromatic nitrogens is 2. The smallest absolute Gasteiger partial charge is 0.0547 e. The van der Waals surface area contributed by atoms with Gasteiger partial charge in [-0.1, -0.05) is 146 Å². The minimum Gasteiger partial charge on any atom is -0.309 e.